The van der Waals surface area contributed by atoms with Crippen molar-refractivity contribution in [2.45, 2.75) is 6.54 Å². The molecule has 3 aromatic rings. The van der Waals surface area contributed by atoms with Crippen LogP contribution in [-0.4, -0.2) is 0 Å². The van der Waals surface area contributed by atoms with E-state index in [0.717, 1.165) is 17.3 Å². The second-order valence-electron chi connectivity index (χ2n) is 4.93. The number of nitrogens with one attached hydrogen (secondary N) is 1. The van der Waals surface area contributed by atoms with Gasteiger partial charge in [0.25, 0.3) is 0 Å². The molecule has 0 aliphatic carbocycles. The molecule has 1 nitrogen and oxygen atoms in total. The van der Waals surface area contributed by atoms with Crippen LogP contribution < -0.4 is 5.32 Å². The van der Waals surface area contributed by atoms with Crippen molar-refractivity contribution in [1.82, 2.24) is 0 Å². The first-order chi connectivity index (χ1) is 10.3. The van der Waals surface area contributed by atoms with Crippen LogP contribution in [0.2, 0.25) is 5.02 Å². The second-order valence-corrected chi connectivity index (χ2v) is 5.36. The van der Waals surface area contributed by atoms with E-state index in [-0.39, 0.29) is 0 Å². The molecule has 0 spiro atoms. The van der Waals surface area contributed by atoms with E-state index in [4.69, 9.17) is 11.6 Å². The molecule has 0 saturated carbocycles. The highest BCUT2D eigenvalue weighted by Crippen LogP contribution is 2.20. The maximum absolute atomic E-state index is 5.98. The summed E-state index contributed by atoms with van der Waals surface area (Å²) in [5, 5.41) is 4.13. The summed E-state index contributed by atoms with van der Waals surface area (Å²) in [4.78, 5) is 0. The summed E-state index contributed by atoms with van der Waals surface area (Å²) >= 11 is 5.98. The molecule has 0 heterocycles. The zero-order valence-electron chi connectivity index (χ0n) is 11.6. The molecule has 3 rings (SSSR count). The van der Waals surface area contributed by atoms with Crippen LogP contribution in [0.1, 0.15) is 5.56 Å². The summed E-state index contributed by atoms with van der Waals surface area (Å²) in [5.41, 5.74) is 4.76. The van der Waals surface area contributed by atoms with Crippen molar-refractivity contribution in [2.75, 3.05) is 5.32 Å². The van der Waals surface area contributed by atoms with Crippen molar-refractivity contribution in [3.63, 3.8) is 0 Å². The fourth-order valence-electron chi connectivity index (χ4n) is 2.25. The van der Waals surface area contributed by atoms with Crippen molar-refractivity contribution >= 4 is 17.3 Å². The molecule has 0 aliphatic rings. The third kappa shape index (κ3) is 3.65. The Morgan fingerprint density at radius 1 is 0.714 bits per heavy atom. The van der Waals surface area contributed by atoms with Gasteiger partial charge in [0.05, 0.1) is 0 Å². The molecule has 0 aliphatic heterocycles. The van der Waals surface area contributed by atoms with Crippen LogP contribution in [0.15, 0.2) is 78.9 Å². The minimum Gasteiger partial charge on any atom is -0.381 e. The van der Waals surface area contributed by atoms with Gasteiger partial charge in [0.1, 0.15) is 0 Å². The lowest BCUT2D eigenvalue weighted by Crippen LogP contribution is -1.98. The Morgan fingerprint density at radius 2 is 1.43 bits per heavy atom. The third-order valence-electron chi connectivity index (χ3n) is 3.38. The van der Waals surface area contributed by atoms with Gasteiger partial charge in [0, 0.05) is 17.3 Å². The van der Waals surface area contributed by atoms with Gasteiger partial charge < -0.3 is 5.32 Å². The van der Waals surface area contributed by atoms with E-state index in [2.05, 4.69) is 53.8 Å². The largest absolute Gasteiger partial charge is 0.381 e. The van der Waals surface area contributed by atoms with Crippen LogP contribution in [0.5, 0.6) is 0 Å². The number of halogens is 1. The lowest BCUT2D eigenvalue weighted by molar-refractivity contribution is 1.15. The Kier molecular flexibility index (Phi) is 4.23. The monoisotopic (exact) mass is 293 g/mol. The van der Waals surface area contributed by atoms with Gasteiger partial charge in [-0.15, -0.1) is 0 Å². The van der Waals surface area contributed by atoms with E-state index >= 15 is 0 Å². The molecule has 0 fully saturated rings. The predicted octanol–water partition coefficient (Wildman–Crippen LogP) is 5.62. The fraction of sp³-hybridized carbons (Fsp3) is 0.0526. The molecule has 0 aromatic heterocycles. The first-order valence-electron chi connectivity index (χ1n) is 6.95. The Bertz CT molecular complexity index is 705. The van der Waals surface area contributed by atoms with E-state index in [1.165, 1.54) is 16.7 Å². The zero-order valence-corrected chi connectivity index (χ0v) is 12.3. The fourth-order valence-corrected chi connectivity index (χ4v) is 2.44. The standard InChI is InChI=1S/C19H16ClN/c20-18-7-4-8-19(13-18)21-14-15-9-11-17(12-10-15)16-5-2-1-3-6-16/h1-13,21H,14H2. The molecule has 3 aromatic carbocycles. The van der Waals surface area contributed by atoms with Gasteiger partial charge in [-0.1, -0.05) is 72.3 Å². The molecule has 1 N–H and O–H groups in total. The van der Waals surface area contributed by atoms with Gasteiger partial charge in [0.2, 0.25) is 0 Å². The van der Waals surface area contributed by atoms with Crippen LogP contribution in [0.4, 0.5) is 5.69 Å². The highest BCUT2D eigenvalue weighted by atomic mass is 35.5. The number of hydrogen-bond donors (Lipinski definition) is 1. The van der Waals surface area contributed by atoms with Crippen molar-refractivity contribution in [1.29, 1.82) is 0 Å². The third-order valence-corrected chi connectivity index (χ3v) is 3.62. The quantitative estimate of drug-likeness (QED) is 0.658. The van der Waals surface area contributed by atoms with Gasteiger partial charge in [-0.25, -0.2) is 0 Å². The van der Waals surface area contributed by atoms with Gasteiger partial charge in [0.15, 0.2) is 0 Å². The maximum Gasteiger partial charge on any atom is 0.0426 e. The van der Waals surface area contributed by atoms with Gasteiger partial charge in [-0.2, -0.15) is 0 Å². The Labute approximate surface area is 130 Å². The molecule has 2 heteroatoms. The summed E-state index contributed by atoms with van der Waals surface area (Å²) in [6.07, 6.45) is 0. The number of anilines is 1. The number of benzene rings is 3. The van der Waals surface area contributed by atoms with Gasteiger partial charge in [-0.3, -0.25) is 0 Å². The average Bonchev–Trinajstić information content (AvgIpc) is 2.54. The second kappa shape index (κ2) is 6.47. The van der Waals surface area contributed by atoms with Gasteiger partial charge >= 0.3 is 0 Å². The lowest BCUT2D eigenvalue weighted by atomic mass is 10.0. The Morgan fingerprint density at radius 3 is 2.14 bits per heavy atom. The SMILES string of the molecule is Clc1cccc(NCc2ccc(-c3ccccc3)cc2)c1. The predicted molar refractivity (Wildman–Crippen MR) is 90.7 cm³/mol. The smallest absolute Gasteiger partial charge is 0.0426 e. The summed E-state index contributed by atoms with van der Waals surface area (Å²) in [6.45, 7) is 0.787. The molecule has 0 bridgehead atoms. The maximum atomic E-state index is 5.98. The molecular formula is C19H16ClN. The first-order valence-corrected chi connectivity index (χ1v) is 7.33. The average molecular weight is 294 g/mol. The molecule has 0 atom stereocenters. The number of hydrogen-bond acceptors (Lipinski definition) is 1. The topological polar surface area (TPSA) is 12.0 Å². The first kappa shape index (κ1) is 13.7. The van der Waals surface area contributed by atoms with Crippen molar-refractivity contribution in [3.8, 4) is 11.1 Å². The van der Waals surface area contributed by atoms with E-state index in [9.17, 15) is 0 Å². The summed E-state index contributed by atoms with van der Waals surface area (Å²) < 4.78 is 0. The Balaban J connectivity index is 1.68. The highest BCUT2D eigenvalue weighted by Gasteiger charge is 1.98. The zero-order chi connectivity index (χ0) is 14.5. The summed E-state index contributed by atoms with van der Waals surface area (Å²) in [6, 6.07) is 26.8. The normalized spacial score (nSPS) is 10.3. The van der Waals surface area contributed by atoms with E-state index in [1.807, 2.05) is 30.3 Å². The van der Waals surface area contributed by atoms with Crippen molar-refractivity contribution in [3.05, 3.63) is 89.4 Å². The summed E-state index contributed by atoms with van der Waals surface area (Å²) in [5.74, 6) is 0. The molecule has 0 amide bonds. The minimum atomic E-state index is 0.749. The van der Waals surface area contributed by atoms with Crippen LogP contribution in [0.3, 0.4) is 0 Å². The van der Waals surface area contributed by atoms with Crippen molar-refractivity contribution in [2.24, 2.45) is 0 Å². The molecule has 0 unspecified atom stereocenters. The van der Waals surface area contributed by atoms with Gasteiger partial charge in [-0.05, 0) is 34.9 Å². The lowest BCUT2D eigenvalue weighted by Gasteiger charge is -2.08. The molecule has 0 saturated heterocycles. The van der Waals surface area contributed by atoms with Crippen LogP contribution in [-0.2, 0) is 6.54 Å². The van der Waals surface area contributed by atoms with Crippen LogP contribution in [0, 0.1) is 0 Å². The molecule has 21 heavy (non-hydrogen) atoms. The highest BCUT2D eigenvalue weighted by molar-refractivity contribution is 6.30. The molecule has 104 valence electrons. The molecule has 0 radical (unpaired) electrons. The minimum absolute atomic E-state index is 0.749. The molecular weight excluding hydrogens is 278 g/mol. The van der Waals surface area contributed by atoms with Crippen molar-refractivity contribution < 1.29 is 0 Å². The van der Waals surface area contributed by atoms with Crippen LogP contribution in [0.25, 0.3) is 11.1 Å². The van der Waals surface area contributed by atoms with E-state index in [1.54, 1.807) is 0 Å². The Hall–Kier alpha value is -2.25. The van der Waals surface area contributed by atoms with Crippen LogP contribution >= 0.6 is 11.6 Å². The summed E-state index contributed by atoms with van der Waals surface area (Å²) in [7, 11) is 0. The number of rotatable bonds is 4. The van der Waals surface area contributed by atoms with E-state index < -0.39 is 0 Å². The van der Waals surface area contributed by atoms with E-state index in [0.29, 0.717) is 0 Å².